The summed E-state index contributed by atoms with van der Waals surface area (Å²) in [7, 11) is 0. The molecule has 0 saturated heterocycles. The molecule has 0 saturated carbocycles. The molecule has 0 radical (unpaired) electrons. The standard InChI is InChI=1S/C17H16O2/c1-3-11-9-10-12(4-2)17-15(11)16(18)13-7-5-6-8-14(13)19-17/h5-10H,3-4H2,1-2H3. The molecule has 0 N–H and O–H groups in total. The highest BCUT2D eigenvalue weighted by atomic mass is 16.3. The number of fused-ring (bicyclic) bond motifs is 2. The molecule has 3 aromatic rings. The van der Waals surface area contributed by atoms with Gasteiger partial charge >= 0.3 is 0 Å². The molecule has 0 aliphatic rings. The third-order valence-electron chi connectivity index (χ3n) is 3.66. The van der Waals surface area contributed by atoms with E-state index < -0.39 is 0 Å². The Kier molecular flexibility index (Phi) is 2.86. The number of benzene rings is 2. The van der Waals surface area contributed by atoms with E-state index >= 15 is 0 Å². The molecule has 0 aliphatic carbocycles. The first-order chi connectivity index (χ1) is 9.26. The van der Waals surface area contributed by atoms with Crippen molar-refractivity contribution >= 4 is 21.9 Å². The van der Waals surface area contributed by atoms with E-state index in [1.165, 1.54) is 0 Å². The quantitative estimate of drug-likeness (QED) is 0.643. The van der Waals surface area contributed by atoms with Gasteiger partial charge in [0, 0.05) is 0 Å². The van der Waals surface area contributed by atoms with Crippen LogP contribution < -0.4 is 5.43 Å². The topological polar surface area (TPSA) is 30.2 Å². The van der Waals surface area contributed by atoms with Crippen LogP contribution in [0.25, 0.3) is 21.9 Å². The van der Waals surface area contributed by atoms with Crippen molar-refractivity contribution in [3.63, 3.8) is 0 Å². The van der Waals surface area contributed by atoms with E-state index in [-0.39, 0.29) is 5.43 Å². The van der Waals surface area contributed by atoms with Gasteiger partial charge in [0.05, 0.1) is 10.8 Å². The highest BCUT2D eigenvalue weighted by Gasteiger charge is 2.13. The van der Waals surface area contributed by atoms with Gasteiger partial charge in [-0.05, 0) is 36.1 Å². The fourth-order valence-electron chi connectivity index (χ4n) is 2.59. The van der Waals surface area contributed by atoms with Crippen LogP contribution in [0.1, 0.15) is 25.0 Å². The Balaban J connectivity index is 2.60. The highest BCUT2D eigenvalue weighted by molar-refractivity contribution is 5.93. The maximum absolute atomic E-state index is 12.7. The van der Waals surface area contributed by atoms with E-state index in [1.54, 1.807) is 0 Å². The number of para-hydroxylation sites is 1. The molecule has 0 amide bonds. The van der Waals surface area contributed by atoms with Crippen LogP contribution in [0.15, 0.2) is 45.6 Å². The fraction of sp³-hybridized carbons (Fsp3) is 0.235. The van der Waals surface area contributed by atoms with E-state index in [0.29, 0.717) is 11.0 Å². The van der Waals surface area contributed by atoms with Gasteiger partial charge in [-0.25, -0.2) is 0 Å². The lowest BCUT2D eigenvalue weighted by Crippen LogP contribution is -2.06. The Labute approximate surface area is 111 Å². The van der Waals surface area contributed by atoms with Gasteiger partial charge in [-0.1, -0.05) is 38.1 Å². The fourth-order valence-corrected chi connectivity index (χ4v) is 2.59. The molecule has 2 nitrogen and oxygen atoms in total. The molecule has 0 unspecified atom stereocenters. The summed E-state index contributed by atoms with van der Waals surface area (Å²) in [4.78, 5) is 12.7. The average Bonchev–Trinajstić information content (AvgIpc) is 2.46. The van der Waals surface area contributed by atoms with E-state index in [0.717, 1.165) is 34.9 Å². The van der Waals surface area contributed by atoms with Crippen LogP contribution in [0, 0.1) is 0 Å². The molecule has 0 atom stereocenters. The van der Waals surface area contributed by atoms with Crippen LogP contribution in [0.5, 0.6) is 0 Å². The zero-order valence-electron chi connectivity index (χ0n) is 11.2. The molecular formula is C17H16O2. The van der Waals surface area contributed by atoms with Gasteiger partial charge in [0.1, 0.15) is 11.2 Å². The normalized spacial score (nSPS) is 11.3. The maximum Gasteiger partial charge on any atom is 0.200 e. The van der Waals surface area contributed by atoms with Gasteiger partial charge < -0.3 is 4.42 Å². The SMILES string of the molecule is CCc1ccc(CC)c2c(=O)c3ccccc3oc12. The second-order valence-corrected chi connectivity index (χ2v) is 4.72. The van der Waals surface area contributed by atoms with Crippen LogP contribution >= 0.6 is 0 Å². The summed E-state index contributed by atoms with van der Waals surface area (Å²) in [5.74, 6) is 0. The lowest BCUT2D eigenvalue weighted by molar-refractivity contribution is 0.654. The summed E-state index contributed by atoms with van der Waals surface area (Å²) < 4.78 is 5.99. The minimum Gasteiger partial charge on any atom is -0.456 e. The molecular weight excluding hydrogens is 236 g/mol. The van der Waals surface area contributed by atoms with Gasteiger partial charge in [0.15, 0.2) is 0 Å². The van der Waals surface area contributed by atoms with E-state index in [2.05, 4.69) is 19.9 Å². The number of aryl methyl sites for hydroxylation is 2. The molecule has 1 heterocycles. The molecule has 96 valence electrons. The summed E-state index contributed by atoms with van der Waals surface area (Å²) in [6.07, 6.45) is 1.70. The Bertz CT molecular complexity index is 812. The van der Waals surface area contributed by atoms with Crippen molar-refractivity contribution in [1.82, 2.24) is 0 Å². The summed E-state index contributed by atoms with van der Waals surface area (Å²) in [6, 6.07) is 11.6. The maximum atomic E-state index is 12.7. The lowest BCUT2D eigenvalue weighted by atomic mass is 10.00. The van der Waals surface area contributed by atoms with Gasteiger partial charge in [0.25, 0.3) is 0 Å². The summed E-state index contributed by atoms with van der Waals surface area (Å²) >= 11 is 0. The van der Waals surface area contributed by atoms with Crippen molar-refractivity contribution in [3.05, 3.63) is 57.7 Å². The molecule has 1 aromatic heterocycles. The molecule has 0 spiro atoms. The van der Waals surface area contributed by atoms with Crippen molar-refractivity contribution in [3.8, 4) is 0 Å². The van der Waals surface area contributed by atoms with E-state index in [9.17, 15) is 4.79 Å². The third-order valence-corrected chi connectivity index (χ3v) is 3.66. The second kappa shape index (κ2) is 4.54. The minimum atomic E-state index is 0.0870. The van der Waals surface area contributed by atoms with Crippen LogP contribution in [0.3, 0.4) is 0 Å². The van der Waals surface area contributed by atoms with Crippen LogP contribution in [0.4, 0.5) is 0 Å². The number of rotatable bonds is 2. The molecule has 2 aromatic carbocycles. The van der Waals surface area contributed by atoms with Gasteiger partial charge in [-0.3, -0.25) is 4.79 Å². The average molecular weight is 252 g/mol. The van der Waals surface area contributed by atoms with Crippen molar-refractivity contribution in [2.45, 2.75) is 26.7 Å². The highest BCUT2D eigenvalue weighted by Crippen LogP contribution is 2.25. The first kappa shape index (κ1) is 12.0. The van der Waals surface area contributed by atoms with Gasteiger partial charge in [0.2, 0.25) is 5.43 Å². The van der Waals surface area contributed by atoms with Crippen molar-refractivity contribution in [1.29, 1.82) is 0 Å². The van der Waals surface area contributed by atoms with Crippen LogP contribution in [-0.2, 0) is 12.8 Å². The van der Waals surface area contributed by atoms with Crippen LogP contribution in [0.2, 0.25) is 0 Å². The zero-order valence-corrected chi connectivity index (χ0v) is 11.2. The Morgan fingerprint density at radius 2 is 1.63 bits per heavy atom. The molecule has 3 rings (SSSR count). The molecule has 2 heteroatoms. The van der Waals surface area contributed by atoms with Crippen molar-refractivity contribution < 1.29 is 4.42 Å². The van der Waals surface area contributed by atoms with Gasteiger partial charge in [-0.2, -0.15) is 0 Å². The number of hydrogen-bond donors (Lipinski definition) is 0. The smallest absolute Gasteiger partial charge is 0.200 e. The molecule has 19 heavy (non-hydrogen) atoms. The Morgan fingerprint density at radius 1 is 0.947 bits per heavy atom. The predicted molar refractivity (Wildman–Crippen MR) is 78.7 cm³/mol. The molecule has 0 bridgehead atoms. The second-order valence-electron chi connectivity index (χ2n) is 4.72. The van der Waals surface area contributed by atoms with Crippen molar-refractivity contribution in [2.75, 3.05) is 0 Å². The lowest BCUT2D eigenvalue weighted by Gasteiger charge is -2.09. The van der Waals surface area contributed by atoms with E-state index in [4.69, 9.17) is 4.42 Å². The van der Waals surface area contributed by atoms with Crippen LogP contribution in [-0.4, -0.2) is 0 Å². The molecule has 0 fully saturated rings. The minimum absolute atomic E-state index is 0.0870. The number of hydrogen-bond acceptors (Lipinski definition) is 2. The largest absolute Gasteiger partial charge is 0.456 e. The van der Waals surface area contributed by atoms with Gasteiger partial charge in [-0.15, -0.1) is 0 Å². The summed E-state index contributed by atoms with van der Waals surface area (Å²) in [5, 5.41) is 1.42. The Morgan fingerprint density at radius 3 is 2.37 bits per heavy atom. The van der Waals surface area contributed by atoms with E-state index in [1.807, 2.05) is 30.3 Å². The van der Waals surface area contributed by atoms with Crippen molar-refractivity contribution in [2.24, 2.45) is 0 Å². The summed E-state index contributed by atoms with van der Waals surface area (Å²) in [6.45, 7) is 4.14. The Hall–Kier alpha value is -2.09. The monoisotopic (exact) mass is 252 g/mol. The summed E-state index contributed by atoms with van der Waals surface area (Å²) in [5.41, 5.74) is 3.67. The zero-order chi connectivity index (χ0) is 13.4. The predicted octanol–water partition coefficient (Wildman–Crippen LogP) is 4.07. The first-order valence-corrected chi connectivity index (χ1v) is 6.72. The first-order valence-electron chi connectivity index (χ1n) is 6.72. The third kappa shape index (κ3) is 1.75. The molecule has 0 aliphatic heterocycles.